The van der Waals surface area contributed by atoms with Gasteiger partial charge in [-0.25, -0.2) is 0 Å². The van der Waals surface area contributed by atoms with Gasteiger partial charge in [0, 0.05) is 32.6 Å². The van der Waals surface area contributed by atoms with Crippen molar-refractivity contribution in [2.75, 3.05) is 33.2 Å². The van der Waals surface area contributed by atoms with Crippen molar-refractivity contribution >= 4 is 5.91 Å². The SMILES string of the molecule is CCN1CCC(N(C)C(=O)CCC(CCN)C(C)C)CC1. The molecular formula is C17H35N3O. The summed E-state index contributed by atoms with van der Waals surface area (Å²) in [4.78, 5) is 16.9. The Morgan fingerprint density at radius 3 is 2.38 bits per heavy atom. The van der Waals surface area contributed by atoms with Gasteiger partial charge in [0.2, 0.25) is 5.91 Å². The number of amides is 1. The number of rotatable bonds is 8. The lowest BCUT2D eigenvalue weighted by Gasteiger charge is -2.36. The predicted molar refractivity (Wildman–Crippen MR) is 89.1 cm³/mol. The summed E-state index contributed by atoms with van der Waals surface area (Å²) >= 11 is 0. The van der Waals surface area contributed by atoms with Gasteiger partial charge < -0.3 is 15.5 Å². The lowest BCUT2D eigenvalue weighted by atomic mass is 9.88. The highest BCUT2D eigenvalue weighted by Crippen LogP contribution is 2.22. The molecule has 0 aromatic carbocycles. The number of carbonyl (C=O) groups excluding carboxylic acids is 1. The maximum Gasteiger partial charge on any atom is 0.222 e. The fraction of sp³-hybridized carbons (Fsp3) is 0.941. The van der Waals surface area contributed by atoms with E-state index in [9.17, 15) is 4.79 Å². The maximum absolute atomic E-state index is 12.4. The van der Waals surface area contributed by atoms with E-state index in [1.54, 1.807) is 0 Å². The molecule has 1 aliphatic heterocycles. The van der Waals surface area contributed by atoms with Crippen LogP contribution < -0.4 is 5.73 Å². The van der Waals surface area contributed by atoms with Crippen molar-refractivity contribution < 1.29 is 4.79 Å². The topological polar surface area (TPSA) is 49.6 Å². The molecule has 0 radical (unpaired) electrons. The normalized spacial score (nSPS) is 19.0. The van der Waals surface area contributed by atoms with Crippen LogP contribution in [0, 0.1) is 11.8 Å². The van der Waals surface area contributed by atoms with Gasteiger partial charge in [0.25, 0.3) is 0 Å². The number of hydrogen-bond donors (Lipinski definition) is 1. The van der Waals surface area contributed by atoms with Gasteiger partial charge in [0.05, 0.1) is 0 Å². The largest absolute Gasteiger partial charge is 0.343 e. The Morgan fingerprint density at radius 1 is 1.29 bits per heavy atom. The highest BCUT2D eigenvalue weighted by atomic mass is 16.2. The number of nitrogens with zero attached hydrogens (tertiary/aromatic N) is 2. The minimum Gasteiger partial charge on any atom is -0.343 e. The first-order valence-corrected chi connectivity index (χ1v) is 8.67. The summed E-state index contributed by atoms with van der Waals surface area (Å²) in [5.41, 5.74) is 5.68. The molecule has 1 fully saturated rings. The van der Waals surface area contributed by atoms with Gasteiger partial charge in [-0.15, -0.1) is 0 Å². The van der Waals surface area contributed by atoms with Gasteiger partial charge in [-0.3, -0.25) is 4.79 Å². The van der Waals surface area contributed by atoms with E-state index in [0.29, 0.717) is 30.2 Å². The Morgan fingerprint density at radius 2 is 1.90 bits per heavy atom. The molecule has 1 aliphatic rings. The monoisotopic (exact) mass is 297 g/mol. The van der Waals surface area contributed by atoms with Crippen molar-refractivity contribution in [1.82, 2.24) is 9.80 Å². The average Bonchev–Trinajstić information content (AvgIpc) is 2.50. The number of likely N-dealkylation sites (tertiary alicyclic amines) is 1. The first kappa shape index (κ1) is 18.4. The fourth-order valence-electron chi connectivity index (χ4n) is 3.34. The number of carbonyl (C=O) groups is 1. The lowest BCUT2D eigenvalue weighted by molar-refractivity contribution is -0.133. The molecule has 4 nitrogen and oxygen atoms in total. The van der Waals surface area contributed by atoms with Crippen LogP contribution in [0.4, 0.5) is 0 Å². The van der Waals surface area contributed by atoms with Crippen LogP contribution in [0.25, 0.3) is 0 Å². The molecule has 0 spiro atoms. The molecule has 1 heterocycles. The molecule has 1 rings (SSSR count). The number of piperidine rings is 1. The van der Waals surface area contributed by atoms with E-state index >= 15 is 0 Å². The minimum atomic E-state index is 0.313. The summed E-state index contributed by atoms with van der Waals surface area (Å²) in [6, 6.07) is 0.437. The molecule has 4 heteroatoms. The molecule has 1 saturated heterocycles. The molecule has 1 unspecified atom stereocenters. The van der Waals surface area contributed by atoms with E-state index in [1.807, 2.05) is 11.9 Å². The molecule has 0 bridgehead atoms. The fourth-order valence-corrected chi connectivity index (χ4v) is 3.34. The van der Waals surface area contributed by atoms with Crippen molar-refractivity contribution in [3.63, 3.8) is 0 Å². The van der Waals surface area contributed by atoms with Crippen molar-refractivity contribution in [2.24, 2.45) is 17.6 Å². The zero-order valence-electron chi connectivity index (χ0n) is 14.5. The maximum atomic E-state index is 12.4. The summed E-state index contributed by atoms with van der Waals surface area (Å²) in [6.07, 6.45) is 4.92. The van der Waals surface area contributed by atoms with Gasteiger partial charge in [0.1, 0.15) is 0 Å². The Kier molecular flexibility index (Phi) is 8.27. The summed E-state index contributed by atoms with van der Waals surface area (Å²) in [7, 11) is 1.99. The minimum absolute atomic E-state index is 0.313. The van der Waals surface area contributed by atoms with Crippen molar-refractivity contribution in [2.45, 2.75) is 58.9 Å². The molecule has 124 valence electrons. The molecular weight excluding hydrogens is 262 g/mol. The van der Waals surface area contributed by atoms with Crippen LogP contribution >= 0.6 is 0 Å². The molecule has 2 N–H and O–H groups in total. The van der Waals surface area contributed by atoms with Gasteiger partial charge in [0.15, 0.2) is 0 Å². The van der Waals surface area contributed by atoms with Crippen LogP contribution in [0.2, 0.25) is 0 Å². The Bertz CT molecular complexity index is 298. The Labute approximate surface area is 131 Å². The summed E-state index contributed by atoms with van der Waals surface area (Å²) in [6.45, 7) is 10.8. The Balaban J connectivity index is 2.37. The number of nitrogens with two attached hydrogens (primary N) is 1. The van der Waals surface area contributed by atoms with Crippen LogP contribution in [0.15, 0.2) is 0 Å². The summed E-state index contributed by atoms with van der Waals surface area (Å²) in [5.74, 6) is 1.50. The second kappa shape index (κ2) is 9.42. The average molecular weight is 297 g/mol. The zero-order chi connectivity index (χ0) is 15.8. The smallest absolute Gasteiger partial charge is 0.222 e. The van der Waals surface area contributed by atoms with Gasteiger partial charge in [-0.1, -0.05) is 20.8 Å². The first-order valence-electron chi connectivity index (χ1n) is 8.67. The quantitative estimate of drug-likeness (QED) is 0.748. The first-order chi connectivity index (χ1) is 9.99. The second-order valence-electron chi connectivity index (χ2n) is 6.79. The van der Waals surface area contributed by atoms with Gasteiger partial charge in [-0.05, 0) is 50.6 Å². The van der Waals surface area contributed by atoms with Crippen LogP contribution in [0.5, 0.6) is 0 Å². The lowest BCUT2D eigenvalue weighted by Crippen LogP contribution is -2.45. The second-order valence-corrected chi connectivity index (χ2v) is 6.79. The van der Waals surface area contributed by atoms with Crippen LogP contribution in [-0.4, -0.2) is 55.0 Å². The van der Waals surface area contributed by atoms with Gasteiger partial charge in [-0.2, -0.15) is 0 Å². The highest BCUT2D eigenvalue weighted by Gasteiger charge is 2.25. The molecule has 0 aliphatic carbocycles. The van der Waals surface area contributed by atoms with E-state index in [0.717, 1.165) is 51.9 Å². The third-order valence-electron chi connectivity index (χ3n) is 5.15. The van der Waals surface area contributed by atoms with Crippen LogP contribution in [-0.2, 0) is 4.79 Å². The van der Waals surface area contributed by atoms with E-state index in [4.69, 9.17) is 5.73 Å². The third kappa shape index (κ3) is 5.95. The third-order valence-corrected chi connectivity index (χ3v) is 5.15. The predicted octanol–water partition coefficient (Wildman–Crippen LogP) is 2.33. The van der Waals surface area contributed by atoms with Crippen molar-refractivity contribution in [3.8, 4) is 0 Å². The molecule has 0 saturated carbocycles. The van der Waals surface area contributed by atoms with E-state index in [2.05, 4.69) is 25.7 Å². The van der Waals surface area contributed by atoms with Crippen LogP contribution in [0.1, 0.15) is 52.9 Å². The summed E-state index contributed by atoms with van der Waals surface area (Å²) in [5, 5.41) is 0. The van der Waals surface area contributed by atoms with Crippen LogP contribution in [0.3, 0.4) is 0 Å². The standard InChI is InChI=1S/C17H35N3O/c1-5-20-12-9-16(10-13-20)19(4)17(21)7-6-15(8-11-18)14(2)3/h14-16H,5-13,18H2,1-4H3. The van der Waals surface area contributed by atoms with Crippen molar-refractivity contribution in [3.05, 3.63) is 0 Å². The molecule has 0 aromatic rings. The van der Waals surface area contributed by atoms with Crippen molar-refractivity contribution in [1.29, 1.82) is 0 Å². The van der Waals surface area contributed by atoms with E-state index in [1.165, 1.54) is 0 Å². The highest BCUT2D eigenvalue weighted by molar-refractivity contribution is 5.76. The molecule has 21 heavy (non-hydrogen) atoms. The molecule has 1 atom stereocenters. The van der Waals surface area contributed by atoms with Gasteiger partial charge >= 0.3 is 0 Å². The zero-order valence-corrected chi connectivity index (χ0v) is 14.5. The van der Waals surface area contributed by atoms with E-state index < -0.39 is 0 Å². The Hall–Kier alpha value is -0.610. The van der Waals surface area contributed by atoms with E-state index in [-0.39, 0.29) is 0 Å². The summed E-state index contributed by atoms with van der Waals surface area (Å²) < 4.78 is 0. The molecule has 1 amide bonds. The molecule has 0 aromatic heterocycles. The number of hydrogen-bond acceptors (Lipinski definition) is 3.